The van der Waals surface area contributed by atoms with Gasteiger partial charge < -0.3 is 10.6 Å². The van der Waals surface area contributed by atoms with E-state index in [-0.39, 0.29) is 24.2 Å². The zero-order chi connectivity index (χ0) is 21.5. The van der Waals surface area contributed by atoms with Gasteiger partial charge in [-0.3, -0.25) is 19.4 Å². The van der Waals surface area contributed by atoms with Crippen molar-refractivity contribution in [2.24, 2.45) is 5.92 Å². The average molecular weight is 439 g/mol. The first-order valence-corrected chi connectivity index (χ1v) is 11.9. The van der Waals surface area contributed by atoms with Gasteiger partial charge in [-0.15, -0.1) is 11.8 Å². The summed E-state index contributed by atoms with van der Waals surface area (Å²) in [6.07, 6.45) is 0.234. The van der Waals surface area contributed by atoms with E-state index < -0.39 is 0 Å². The summed E-state index contributed by atoms with van der Waals surface area (Å²) in [6, 6.07) is 18.4. The van der Waals surface area contributed by atoms with E-state index in [1.165, 1.54) is 5.56 Å². The van der Waals surface area contributed by atoms with Crippen LogP contribution >= 0.6 is 11.8 Å². The summed E-state index contributed by atoms with van der Waals surface area (Å²) in [6.45, 7) is 6.59. The molecule has 6 nitrogen and oxygen atoms in total. The van der Waals surface area contributed by atoms with Gasteiger partial charge in [-0.25, -0.2) is 0 Å². The molecule has 0 bridgehead atoms. The Morgan fingerprint density at radius 1 is 1.00 bits per heavy atom. The first-order valence-electron chi connectivity index (χ1n) is 11.0. The van der Waals surface area contributed by atoms with Crippen LogP contribution in [-0.4, -0.2) is 66.6 Å². The number of nitrogens with zero attached hydrogens (tertiary/aromatic N) is 2. The van der Waals surface area contributed by atoms with Crippen LogP contribution in [0.4, 0.5) is 5.69 Å². The maximum absolute atomic E-state index is 12.5. The number of nitrogens with one attached hydrogen (secondary N) is 2. The topological polar surface area (TPSA) is 64.7 Å². The third-order valence-electron chi connectivity index (χ3n) is 5.85. The molecule has 2 heterocycles. The highest BCUT2D eigenvalue weighted by atomic mass is 32.2. The summed E-state index contributed by atoms with van der Waals surface area (Å²) >= 11 is 1.63. The van der Waals surface area contributed by atoms with Crippen molar-refractivity contribution in [1.82, 2.24) is 15.1 Å². The average Bonchev–Trinajstić information content (AvgIpc) is 2.94. The molecule has 7 heteroatoms. The Hall–Kier alpha value is -2.35. The Kier molecular flexibility index (Phi) is 7.61. The lowest BCUT2D eigenvalue weighted by Gasteiger charge is -2.34. The van der Waals surface area contributed by atoms with E-state index in [9.17, 15) is 9.59 Å². The van der Waals surface area contributed by atoms with Crippen LogP contribution in [0.5, 0.6) is 0 Å². The number of anilines is 1. The van der Waals surface area contributed by atoms with E-state index in [1.807, 2.05) is 24.3 Å². The van der Waals surface area contributed by atoms with Gasteiger partial charge in [-0.1, -0.05) is 42.5 Å². The summed E-state index contributed by atoms with van der Waals surface area (Å²) in [5.41, 5.74) is 2.19. The molecule has 1 atom stereocenters. The largest absolute Gasteiger partial charge is 0.355 e. The molecule has 2 N–H and O–H groups in total. The number of carbonyl (C=O) groups is 2. The number of benzene rings is 2. The second-order valence-electron chi connectivity index (χ2n) is 8.15. The third-order valence-corrected chi connectivity index (χ3v) is 7.09. The van der Waals surface area contributed by atoms with Crippen LogP contribution in [0.15, 0.2) is 59.5 Å². The van der Waals surface area contributed by atoms with Crippen molar-refractivity contribution in [2.75, 3.05) is 50.3 Å². The van der Waals surface area contributed by atoms with Crippen molar-refractivity contribution in [3.05, 3.63) is 60.2 Å². The number of amides is 2. The number of hydrogen-bond donors (Lipinski definition) is 2. The highest BCUT2D eigenvalue weighted by Gasteiger charge is 2.26. The SMILES string of the molecule is O=C(C[C@@H]1CSc2ccccc2NC1=O)NCCN1CCN(Cc2ccccc2)CC1. The summed E-state index contributed by atoms with van der Waals surface area (Å²) < 4.78 is 0. The maximum Gasteiger partial charge on any atom is 0.228 e. The number of rotatable bonds is 7. The van der Waals surface area contributed by atoms with Crippen LogP contribution < -0.4 is 10.6 Å². The second kappa shape index (κ2) is 10.8. The number of thioether (sulfide) groups is 1. The molecule has 1 fully saturated rings. The molecule has 2 amide bonds. The molecule has 0 radical (unpaired) electrons. The van der Waals surface area contributed by atoms with Crippen molar-refractivity contribution < 1.29 is 9.59 Å². The van der Waals surface area contributed by atoms with Crippen LogP contribution in [0.1, 0.15) is 12.0 Å². The lowest BCUT2D eigenvalue weighted by molar-refractivity contribution is -0.126. The van der Waals surface area contributed by atoms with E-state index in [1.54, 1.807) is 11.8 Å². The minimum Gasteiger partial charge on any atom is -0.355 e. The summed E-state index contributed by atoms with van der Waals surface area (Å²) in [5, 5.41) is 5.96. The molecule has 1 saturated heterocycles. The molecular weight excluding hydrogens is 408 g/mol. The first-order chi connectivity index (χ1) is 15.2. The van der Waals surface area contributed by atoms with Gasteiger partial charge in [-0.05, 0) is 17.7 Å². The van der Waals surface area contributed by atoms with Crippen LogP contribution in [0.2, 0.25) is 0 Å². The molecule has 2 aliphatic rings. The van der Waals surface area contributed by atoms with Gasteiger partial charge in [0.1, 0.15) is 0 Å². The van der Waals surface area contributed by atoms with E-state index in [0.717, 1.165) is 49.9 Å². The number of hydrogen-bond acceptors (Lipinski definition) is 5. The van der Waals surface area contributed by atoms with Gasteiger partial charge in [-0.2, -0.15) is 0 Å². The fourth-order valence-electron chi connectivity index (χ4n) is 4.01. The highest BCUT2D eigenvalue weighted by Crippen LogP contribution is 2.33. The quantitative estimate of drug-likeness (QED) is 0.696. The zero-order valence-electron chi connectivity index (χ0n) is 17.8. The fourth-order valence-corrected chi connectivity index (χ4v) is 5.11. The van der Waals surface area contributed by atoms with Crippen molar-refractivity contribution >= 4 is 29.3 Å². The molecule has 0 unspecified atom stereocenters. The molecule has 31 heavy (non-hydrogen) atoms. The maximum atomic E-state index is 12.5. The summed E-state index contributed by atoms with van der Waals surface area (Å²) in [4.78, 5) is 30.8. The van der Waals surface area contributed by atoms with Crippen LogP contribution in [0, 0.1) is 5.92 Å². The predicted octanol–water partition coefficient (Wildman–Crippen LogP) is 2.67. The Bertz CT molecular complexity index is 884. The van der Waals surface area contributed by atoms with Crippen LogP contribution in [0.3, 0.4) is 0 Å². The van der Waals surface area contributed by atoms with Gasteiger partial charge in [0, 0.05) is 62.9 Å². The molecule has 0 aromatic heterocycles. The predicted molar refractivity (Wildman–Crippen MR) is 125 cm³/mol. The normalized spacial score (nSPS) is 19.9. The number of fused-ring (bicyclic) bond motifs is 1. The van der Waals surface area contributed by atoms with Crippen molar-refractivity contribution in [1.29, 1.82) is 0 Å². The van der Waals surface area contributed by atoms with Gasteiger partial charge in [0.15, 0.2) is 0 Å². The Morgan fingerprint density at radius 3 is 2.52 bits per heavy atom. The minimum absolute atomic E-state index is 0.0468. The Labute approximate surface area is 188 Å². The van der Waals surface area contributed by atoms with Crippen LogP contribution in [0.25, 0.3) is 0 Å². The van der Waals surface area contributed by atoms with E-state index in [0.29, 0.717) is 12.3 Å². The number of para-hydroxylation sites is 1. The molecule has 0 saturated carbocycles. The van der Waals surface area contributed by atoms with E-state index in [4.69, 9.17) is 0 Å². The molecule has 2 aromatic carbocycles. The number of carbonyl (C=O) groups excluding carboxylic acids is 2. The van der Waals surface area contributed by atoms with Gasteiger partial charge in [0.2, 0.25) is 11.8 Å². The molecule has 0 aliphatic carbocycles. The lowest BCUT2D eigenvalue weighted by atomic mass is 10.1. The van der Waals surface area contributed by atoms with E-state index in [2.05, 4.69) is 50.8 Å². The molecule has 0 spiro atoms. The molecular formula is C24H30N4O2S. The first kappa shape index (κ1) is 21.9. The van der Waals surface area contributed by atoms with Crippen LogP contribution in [-0.2, 0) is 16.1 Å². The molecule has 4 rings (SSSR count). The smallest absolute Gasteiger partial charge is 0.228 e. The van der Waals surface area contributed by atoms with Gasteiger partial charge >= 0.3 is 0 Å². The van der Waals surface area contributed by atoms with Gasteiger partial charge in [0.25, 0.3) is 0 Å². The molecule has 2 aliphatic heterocycles. The van der Waals surface area contributed by atoms with Crippen molar-refractivity contribution in [3.8, 4) is 0 Å². The second-order valence-corrected chi connectivity index (χ2v) is 9.21. The third kappa shape index (κ3) is 6.32. The molecule has 2 aromatic rings. The minimum atomic E-state index is -0.307. The zero-order valence-corrected chi connectivity index (χ0v) is 18.6. The van der Waals surface area contributed by atoms with Crippen molar-refractivity contribution in [2.45, 2.75) is 17.9 Å². The standard InChI is InChI=1S/C24H30N4O2S/c29-23(16-20-18-31-22-9-5-4-8-21(22)26-24(20)30)25-10-11-27-12-14-28(15-13-27)17-19-6-2-1-3-7-19/h1-9,20H,10-18H2,(H,25,29)(H,26,30)/t20-/m1/s1. The Balaban J connectivity index is 1.14. The fraction of sp³-hybridized carbons (Fsp3) is 0.417. The monoisotopic (exact) mass is 438 g/mol. The van der Waals surface area contributed by atoms with E-state index >= 15 is 0 Å². The number of piperazine rings is 1. The summed E-state index contributed by atoms with van der Waals surface area (Å²) in [7, 11) is 0. The van der Waals surface area contributed by atoms with Crippen molar-refractivity contribution in [3.63, 3.8) is 0 Å². The summed E-state index contributed by atoms with van der Waals surface area (Å²) in [5.74, 6) is 0.204. The highest BCUT2D eigenvalue weighted by molar-refractivity contribution is 7.99. The lowest BCUT2D eigenvalue weighted by Crippen LogP contribution is -2.48. The molecule has 164 valence electrons. The Morgan fingerprint density at radius 2 is 1.71 bits per heavy atom. The van der Waals surface area contributed by atoms with Gasteiger partial charge in [0.05, 0.1) is 11.6 Å².